The first kappa shape index (κ1) is 19.8. The minimum atomic E-state index is -0.385. The van der Waals surface area contributed by atoms with Crippen molar-refractivity contribution in [2.24, 2.45) is 5.92 Å². The van der Waals surface area contributed by atoms with Crippen LogP contribution in [0.25, 0.3) is 11.0 Å². The van der Waals surface area contributed by atoms with Crippen LogP contribution < -0.4 is 10.9 Å². The number of anilines is 1. The van der Waals surface area contributed by atoms with Crippen LogP contribution in [0.4, 0.5) is 5.69 Å². The summed E-state index contributed by atoms with van der Waals surface area (Å²) >= 11 is 0. The number of carbonyl (C=O) groups is 2. The molecule has 0 spiro atoms. The Hall–Kier alpha value is -3.48. The van der Waals surface area contributed by atoms with Crippen molar-refractivity contribution in [1.29, 1.82) is 0 Å². The van der Waals surface area contributed by atoms with Crippen molar-refractivity contribution in [3.05, 3.63) is 69.8 Å². The molecule has 154 valence electrons. The summed E-state index contributed by atoms with van der Waals surface area (Å²) in [4.78, 5) is 42.7. The number of pyridine rings is 1. The fraction of sp³-hybridized carbons (Fsp3) is 0.304. The zero-order valence-corrected chi connectivity index (χ0v) is 17.0. The first-order valence-electron chi connectivity index (χ1n) is 9.97. The Bertz CT molecular complexity index is 1160. The van der Waals surface area contributed by atoms with E-state index in [0.29, 0.717) is 42.8 Å². The van der Waals surface area contributed by atoms with Crippen LogP contribution in [0.1, 0.15) is 34.3 Å². The Labute approximate surface area is 173 Å². The molecule has 4 rings (SSSR count). The van der Waals surface area contributed by atoms with Crippen LogP contribution in [-0.4, -0.2) is 34.8 Å². The maximum absolute atomic E-state index is 12.8. The van der Waals surface area contributed by atoms with Crippen molar-refractivity contribution in [2.75, 3.05) is 18.4 Å². The van der Waals surface area contributed by atoms with Gasteiger partial charge in [-0.3, -0.25) is 14.6 Å². The molecule has 1 N–H and O–H groups in total. The van der Waals surface area contributed by atoms with E-state index >= 15 is 0 Å². The highest BCUT2D eigenvalue weighted by Crippen LogP contribution is 2.27. The number of aryl methyl sites for hydroxylation is 2. The molecule has 3 heterocycles. The van der Waals surface area contributed by atoms with Crippen LogP contribution in [0.3, 0.4) is 0 Å². The summed E-state index contributed by atoms with van der Waals surface area (Å²) in [6.07, 6.45) is 4.44. The zero-order valence-electron chi connectivity index (χ0n) is 17.0. The zero-order chi connectivity index (χ0) is 21.3. The number of fused-ring (bicyclic) bond motifs is 1. The van der Waals surface area contributed by atoms with Crippen LogP contribution in [0.5, 0.6) is 0 Å². The molecule has 1 aliphatic heterocycles. The number of nitrogens with zero attached hydrogens (tertiary/aromatic N) is 2. The van der Waals surface area contributed by atoms with Crippen molar-refractivity contribution in [3.8, 4) is 0 Å². The topological polar surface area (TPSA) is 92.5 Å². The maximum Gasteiger partial charge on any atom is 0.336 e. The SMILES string of the molecule is Cc1cc2oc(=O)cc(C)c2cc1NC(=O)C1CCN(C(=O)c2ccncc2)CC1. The van der Waals surface area contributed by atoms with Gasteiger partial charge in [-0.05, 0) is 62.1 Å². The second kappa shape index (κ2) is 8.10. The Kier molecular flexibility index (Phi) is 5.35. The minimum Gasteiger partial charge on any atom is -0.423 e. The summed E-state index contributed by atoms with van der Waals surface area (Å²) in [6, 6.07) is 8.47. The van der Waals surface area contributed by atoms with Gasteiger partial charge in [-0.25, -0.2) is 4.79 Å². The normalized spacial score (nSPS) is 14.7. The Morgan fingerprint density at radius 3 is 2.47 bits per heavy atom. The van der Waals surface area contributed by atoms with Crippen LogP contribution in [0.2, 0.25) is 0 Å². The van der Waals surface area contributed by atoms with Crippen molar-refractivity contribution in [3.63, 3.8) is 0 Å². The van der Waals surface area contributed by atoms with E-state index in [1.165, 1.54) is 6.07 Å². The third kappa shape index (κ3) is 3.96. The lowest BCUT2D eigenvalue weighted by Crippen LogP contribution is -2.41. The van der Waals surface area contributed by atoms with E-state index in [4.69, 9.17) is 4.42 Å². The molecule has 0 aliphatic carbocycles. The Balaban J connectivity index is 1.43. The summed E-state index contributed by atoms with van der Waals surface area (Å²) in [5.41, 5.74) is 3.08. The Morgan fingerprint density at radius 2 is 1.77 bits per heavy atom. The first-order valence-corrected chi connectivity index (χ1v) is 9.97. The van der Waals surface area contributed by atoms with E-state index < -0.39 is 0 Å². The van der Waals surface area contributed by atoms with Gasteiger partial charge in [-0.2, -0.15) is 0 Å². The number of nitrogens with one attached hydrogen (secondary N) is 1. The molecule has 0 unspecified atom stereocenters. The van der Waals surface area contributed by atoms with Crippen LogP contribution in [0, 0.1) is 19.8 Å². The smallest absolute Gasteiger partial charge is 0.336 e. The van der Waals surface area contributed by atoms with Gasteiger partial charge in [0.2, 0.25) is 5.91 Å². The number of rotatable bonds is 3. The minimum absolute atomic E-state index is 0.0291. The van der Waals surface area contributed by atoms with Gasteiger partial charge >= 0.3 is 5.63 Å². The number of piperidine rings is 1. The molecule has 2 amide bonds. The van der Waals surface area contributed by atoms with E-state index in [2.05, 4.69) is 10.3 Å². The van der Waals surface area contributed by atoms with Crippen LogP contribution in [-0.2, 0) is 4.79 Å². The van der Waals surface area contributed by atoms with Crippen molar-refractivity contribution in [1.82, 2.24) is 9.88 Å². The lowest BCUT2D eigenvalue weighted by Gasteiger charge is -2.31. The molecular formula is C23H23N3O4. The van der Waals surface area contributed by atoms with Crippen LogP contribution >= 0.6 is 0 Å². The number of amides is 2. The molecular weight excluding hydrogens is 382 g/mol. The summed E-state index contributed by atoms with van der Waals surface area (Å²) in [6.45, 7) is 4.80. The fourth-order valence-corrected chi connectivity index (χ4v) is 3.86. The van der Waals surface area contributed by atoms with Crippen molar-refractivity contribution in [2.45, 2.75) is 26.7 Å². The third-order valence-electron chi connectivity index (χ3n) is 5.63. The molecule has 0 saturated carbocycles. The summed E-state index contributed by atoms with van der Waals surface area (Å²) in [5.74, 6) is -0.238. The first-order chi connectivity index (χ1) is 14.4. The van der Waals surface area contributed by atoms with Gasteiger partial charge in [0.15, 0.2) is 0 Å². The number of hydrogen-bond donors (Lipinski definition) is 1. The van der Waals surface area contributed by atoms with E-state index in [-0.39, 0.29) is 23.4 Å². The number of aromatic nitrogens is 1. The average Bonchev–Trinajstić information content (AvgIpc) is 2.75. The van der Waals surface area contributed by atoms with Crippen molar-refractivity contribution >= 4 is 28.5 Å². The molecule has 0 radical (unpaired) electrons. The number of likely N-dealkylation sites (tertiary alicyclic amines) is 1. The lowest BCUT2D eigenvalue weighted by atomic mass is 9.95. The van der Waals surface area contributed by atoms with Gasteiger partial charge < -0.3 is 14.6 Å². The Morgan fingerprint density at radius 1 is 1.07 bits per heavy atom. The highest BCUT2D eigenvalue weighted by molar-refractivity contribution is 5.97. The highest BCUT2D eigenvalue weighted by Gasteiger charge is 2.28. The van der Waals surface area contributed by atoms with Gasteiger partial charge in [-0.15, -0.1) is 0 Å². The third-order valence-corrected chi connectivity index (χ3v) is 5.63. The molecule has 30 heavy (non-hydrogen) atoms. The second-order valence-corrected chi connectivity index (χ2v) is 7.70. The van der Waals surface area contributed by atoms with Gasteiger partial charge in [0.25, 0.3) is 5.91 Å². The number of benzene rings is 1. The molecule has 1 fully saturated rings. The quantitative estimate of drug-likeness (QED) is 0.675. The summed E-state index contributed by atoms with van der Waals surface area (Å²) in [7, 11) is 0. The average molecular weight is 405 g/mol. The lowest BCUT2D eigenvalue weighted by molar-refractivity contribution is -0.121. The molecule has 3 aromatic rings. The van der Waals surface area contributed by atoms with Gasteiger partial charge in [0.1, 0.15) is 5.58 Å². The molecule has 7 heteroatoms. The highest BCUT2D eigenvalue weighted by atomic mass is 16.4. The maximum atomic E-state index is 12.8. The van der Waals surface area contributed by atoms with Crippen LogP contribution in [0.15, 0.2) is 51.9 Å². The van der Waals surface area contributed by atoms with Gasteiger partial charge in [-0.1, -0.05) is 0 Å². The van der Waals surface area contributed by atoms with Gasteiger partial charge in [0.05, 0.1) is 0 Å². The van der Waals surface area contributed by atoms with E-state index in [1.54, 1.807) is 35.5 Å². The van der Waals surface area contributed by atoms with E-state index in [9.17, 15) is 14.4 Å². The molecule has 1 saturated heterocycles. The largest absolute Gasteiger partial charge is 0.423 e. The molecule has 2 aromatic heterocycles. The summed E-state index contributed by atoms with van der Waals surface area (Å²) in [5, 5.41) is 3.82. The summed E-state index contributed by atoms with van der Waals surface area (Å²) < 4.78 is 5.26. The molecule has 1 aliphatic rings. The standard InChI is InChI=1S/C23H23N3O4/c1-14-12-21(27)30-20-11-15(2)19(13-18(14)20)25-22(28)16-5-9-26(10-6-16)23(29)17-3-7-24-8-4-17/h3-4,7-8,11-13,16H,5-6,9-10H2,1-2H3,(H,25,28). The monoisotopic (exact) mass is 405 g/mol. The second-order valence-electron chi connectivity index (χ2n) is 7.70. The predicted molar refractivity (Wildman–Crippen MR) is 113 cm³/mol. The number of carbonyl (C=O) groups excluding carboxylic acids is 2. The molecule has 0 atom stereocenters. The predicted octanol–water partition coefficient (Wildman–Crippen LogP) is 3.30. The molecule has 0 bridgehead atoms. The van der Waals surface area contributed by atoms with Crippen molar-refractivity contribution < 1.29 is 14.0 Å². The van der Waals surface area contributed by atoms with E-state index in [1.807, 2.05) is 19.9 Å². The van der Waals surface area contributed by atoms with Gasteiger partial charge in [0, 0.05) is 54.1 Å². The van der Waals surface area contributed by atoms with E-state index in [0.717, 1.165) is 16.5 Å². The fourth-order valence-electron chi connectivity index (χ4n) is 3.86. The number of hydrogen-bond acceptors (Lipinski definition) is 5. The molecule has 1 aromatic carbocycles. The molecule has 7 nitrogen and oxygen atoms in total.